The molecule has 9 unspecified atom stereocenters. The second-order valence-electron chi connectivity index (χ2n) is 17.2. The Balaban J connectivity index is 2.38. The lowest BCUT2D eigenvalue weighted by molar-refractivity contribution is -0.303. The lowest BCUT2D eigenvalue weighted by atomic mass is 9.98. The lowest BCUT2D eigenvalue weighted by Gasteiger charge is -2.40. The molecule has 1 rings (SSSR count). The van der Waals surface area contributed by atoms with Crippen LogP contribution in [-0.4, -0.2) is 110 Å². The van der Waals surface area contributed by atoms with Gasteiger partial charge in [0.15, 0.2) is 6.29 Å². The summed E-state index contributed by atoms with van der Waals surface area (Å²) in [4.78, 5) is 13.0. The minimum absolute atomic E-state index is 0.228. The van der Waals surface area contributed by atoms with E-state index in [4.69, 9.17) is 9.47 Å². The van der Waals surface area contributed by atoms with Crippen LogP contribution in [0.1, 0.15) is 200 Å². The molecule has 0 radical (unpaired) electrons. The summed E-state index contributed by atoms with van der Waals surface area (Å²) in [6.07, 6.45) is 33.7. The number of hydrogen-bond donors (Lipinski definition) is 8. The summed E-state index contributed by atoms with van der Waals surface area (Å²) < 4.78 is 11.0. The first kappa shape index (κ1) is 56.3. The Kier molecular flexibility index (Phi) is 36.6. The van der Waals surface area contributed by atoms with Gasteiger partial charge in [-0.05, 0) is 70.6 Å². The molecule has 1 heterocycles. The molecule has 9 atom stereocenters. The molecule has 0 aromatic heterocycles. The van der Waals surface area contributed by atoms with E-state index >= 15 is 0 Å². The van der Waals surface area contributed by atoms with Crippen molar-refractivity contribution in [1.29, 1.82) is 0 Å². The topological polar surface area (TPSA) is 189 Å². The van der Waals surface area contributed by atoms with Gasteiger partial charge in [0.2, 0.25) is 5.91 Å². The Morgan fingerprint density at radius 2 is 1.02 bits per heavy atom. The maximum Gasteiger partial charge on any atom is 0.249 e. The molecule has 1 amide bonds. The lowest BCUT2D eigenvalue weighted by Crippen LogP contribution is -2.60. The first-order valence-electron chi connectivity index (χ1n) is 24.4. The highest BCUT2D eigenvalue weighted by molar-refractivity contribution is 5.80. The molecular formula is C49H91NO10. The Hall–Kier alpha value is -1.67. The Morgan fingerprint density at radius 1 is 0.567 bits per heavy atom. The van der Waals surface area contributed by atoms with Crippen LogP contribution in [0.5, 0.6) is 0 Å². The summed E-state index contributed by atoms with van der Waals surface area (Å²) in [6, 6.07) is -1.19. The third-order valence-corrected chi connectivity index (χ3v) is 11.6. The second-order valence-corrected chi connectivity index (χ2v) is 17.2. The fourth-order valence-corrected chi connectivity index (χ4v) is 7.55. The molecule has 0 aliphatic carbocycles. The number of nitrogens with one attached hydrogen (secondary N) is 1. The molecule has 352 valence electrons. The van der Waals surface area contributed by atoms with E-state index in [1.54, 1.807) is 0 Å². The molecule has 0 aromatic rings. The average molecular weight is 854 g/mol. The van der Waals surface area contributed by atoms with Crippen LogP contribution in [-0.2, 0) is 14.3 Å². The molecule has 8 N–H and O–H groups in total. The number of hydrogen-bond acceptors (Lipinski definition) is 10. The summed E-state index contributed by atoms with van der Waals surface area (Å²) in [5, 5.41) is 75.5. The van der Waals surface area contributed by atoms with Gasteiger partial charge in [0, 0.05) is 0 Å². The Bertz CT molecular complexity index is 1070. The highest BCUT2D eigenvalue weighted by atomic mass is 16.7. The van der Waals surface area contributed by atoms with E-state index in [1.807, 2.05) is 0 Å². The van der Waals surface area contributed by atoms with Gasteiger partial charge in [0.25, 0.3) is 0 Å². The fourth-order valence-electron chi connectivity index (χ4n) is 7.55. The van der Waals surface area contributed by atoms with Gasteiger partial charge >= 0.3 is 0 Å². The molecule has 1 saturated heterocycles. The zero-order valence-electron chi connectivity index (χ0n) is 37.9. The van der Waals surface area contributed by atoms with E-state index in [0.717, 1.165) is 51.4 Å². The first-order chi connectivity index (χ1) is 29.2. The molecule has 11 heteroatoms. The monoisotopic (exact) mass is 854 g/mol. The van der Waals surface area contributed by atoms with Gasteiger partial charge < -0.3 is 50.5 Å². The quantitative estimate of drug-likeness (QED) is 0.0220. The average Bonchev–Trinajstić information content (AvgIpc) is 3.25. The highest BCUT2D eigenvalue weighted by Gasteiger charge is 2.44. The molecule has 0 saturated carbocycles. The van der Waals surface area contributed by atoms with Crippen molar-refractivity contribution in [3.05, 3.63) is 36.5 Å². The van der Waals surface area contributed by atoms with Crippen molar-refractivity contribution >= 4 is 5.91 Å². The van der Waals surface area contributed by atoms with E-state index in [2.05, 4.69) is 55.6 Å². The van der Waals surface area contributed by atoms with E-state index in [1.165, 1.54) is 103 Å². The van der Waals surface area contributed by atoms with E-state index in [-0.39, 0.29) is 12.8 Å². The molecule has 0 bridgehead atoms. The summed E-state index contributed by atoms with van der Waals surface area (Å²) in [7, 11) is 0. The van der Waals surface area contributed by atoms with E-state index in [9.17, 15) is 40.5 Å². The maximum absolute atomic E-state index is 13.0. The molecular weight excluding hydrogens is 763 g/mol. The number of aliphatic hydroxyl groups excluding tert-OH is 7. The van der Waals surface area contributed by atoms with Gasteiger partial charge in [-0.15, -0.1) is 0 Å². The van der Waals surface area contributed by atoms with Crippen molar-refractivity contribution in [2.24, 2.45) is 0 Å². The Labute approximate surface area is 365 Å². The molecule has 60 heavy (non-hydrogen) atoms. The van der Waals surface area contributed by atoms with Gasteiger partial charge in [-0.1, -0.05) is 166 Å². The molecule has 0 spiro atoms. The minimum Gasteiger partial charge on any atom is -0.394 e. The van der Waals surface area contributed by atoms with Crippen LogP contribution < -0.4 is 5.32 Å². The molecule has 1 aliphatic rings. The predicted molar refractivity (Wildman–Crippen MR) is 242 cm³/mol. The summed E-state index contributed by atoms with van der Waals surface area (Å²) in [5.41, 5.74) is 0. The van der Waals surface area contributed by atoms with E-state index in [0.29, 0.717) is 19.3 Å². The van der Waals surface area contributed by atoms with Gasteiger partial charge in [-0.25, -0.2) is 0 Å². The second kappa shape index (κ2) is 39.0. The van der Waals surface area contributed by atoms with Crippen molar-refractivity contribution in [2.75, 3.05) is 13.2 Å². The normalized spacial score (nSPS) is 21.9. The molecule has 11 nitrogen and oxygen atoms in total. The smallest absolute Gasteiger partial charge is 0.249 e. The van der Waals surface area contributed by atoms with Crippen LogP contribution in [0.2, 0.25) is 0 Å². The van der Waals surface area contributed by atoms with Crippen molar-refractivity contribution in [3.8, 4) is 0 Å². The van der Waals surface area contributed by atoms with Crippen molar-refractivity contribution in [3.63, 3.8) is 0 Å². The van der Waals surface area contributed by atoms with Crippen LogP contribution >= 0.6 is 0 Å². The number of rotatable bonds is 40. The number of carbonyl (C=O) groups excluding carboxylic acids is 1. The predicted octanol–water partition coefficient (Wildman–Crippen LogP) is 8.39. The van der Waals surface area contributed by atoms with Crippen LogP contribution in [0, 0.1) is 0 Å². The minimum atomic E-state index is -1.67. The van der Waals surface area contributed by atoms with Gasteiger partial charge in [-0.3, -0.25) is 4.79 Å². The van der Waals surface area contributed by atoms with Crippen molar-refractivity contribution in [1.82, 2.24) is 5.32 Å². The van der Waals surface area contributed by atoms with Crippen LogP contribution in [0.4, 0.5) is 0 Å². The summed E-state index contributed by atoms with van der Waals surface area (Å²) in [5.74, 6) is -0.727. The molecule has 0 aromatic carbocycles. The standard InChI is InChI=1S/C49H91NO10/c1-3-5-7-9-11-13-14-15-16-17-18-19-20-21-22-23-24-25-26-27-29-30-32-34-36-41(52)44(54)40(39-59-49-47(57)46(56)45(55)43(38-51)60-49)50-48(58)42(53)37-35-33-31-28-12-10-8-6-4-2/h10,12,24-25,29-30,40-47,49,51-57H,3-9,11,13-23,26-28,31-39H2,1-2H3,(H,50,58)/b12-10-,25-24+,30-29+. The van der Waals surface area contributed by atoms with Crippen LogP contribution in [0.25, 0.3) is 0 Å². The third-order valence-electron chi connectivity index (χ3n) is 11.6. The number of aliphatic hydroxyl groups is 7. The third kappa shape index (κ3) is 28.1. The number of allylic oxidation sites excluding steroid dienone is 6. The first-order valence-corrected chi connectivity index (χ1v) is 24.4. The van der Waals surface area contributed by atoms with Crippen molar-refractivity contribution in [2.45, 2.75) is 255 Å². The largest absolute Gasteiger partial charge is 0.394 e. The maximum atomic E-state index is 13.0. The zero-order chi connectivity index (χ0) is 44.1. The number of carbonyl (C=O) groups is 1. The number of amides is 1. The van der Waals surface area contributed by atoms with Gasteiger partial charge in [0.05, 0.1) is 25.4 Å². The van der Waals surface area contributed by atoms with Crippen molar-refractivity contribution < 1.29 is 50.0 Å². The fraction of sp³-hybridized carbons (Fsp3) is 0.857. The number of unbranched alkanes of at least 4 members (excludes halogenated alkanes) is 22. The Morgan fingerprint density at radius 3 is 1.53 bits per heavy atom. The summed E-state index contributed by atoms with van der Waals surface area (Å²) in [6.45, 7) is 3.35. The molecule has 1 aliphatic heterocycles. The van der Waals surface area contributed by atoms with Gasteiger partial charge in [-0.2, -0.15) is 0 Å². The molecule has 1 fully saturated rings. The van der Waals surface area contributed by atoms with Crippen LogP contribution in [0.3, 0.4) is 0 Å². The SMILES string of the molecule is CCCC/C=C\CCCCCC(O)C(=O)NC(COC1OC(CO)C(O)C(O)C1O)C(O)C(O)CCC/C=C/CC/C=C/CCCCCCCCCCCCCCCCC. The van der Waals surface area contributed by atoms with Gasteiger partial charge in [0.1, 0.15) is 36.6 Å². The van der Waals surface area contributed by atoms with E-state index < -0.39 is 74.2 Å². The summed E-state index contributed by atoms with van der Waals surface area (Å²) >= 11 is 0. The highest BCUT2D eigenvalue weighted by Crippen LogP contribution is 2.23. The zero-order valence-corrected chi connectivity index (χ0v) is 37.9. The number of ether oxygens (including phenoxy) is 2. The van der Waals surface area contributed by atoms with Crippen LogP contribution in [0.15, 0.2) is 36.5 Å².